The van der Waals surface area contributed by atoms with E-state index in [9.17, 15) is 0 Å². The summed E-state index contributed by atoms with van der Waals surface area (Å²) in [6.07, 6.45) is 19.3. The molecule has 0 aromatic heterocycles. The Balaban J connectivity index is 5.38. The normalized spacial score (nSPS) is 13.4. The van der Waals surface area contributed by atoms with Gasteiger partial charge in [0.1, 0.15) is 0 Å². The Morgan fingerprint density at radius 2 is 1.07 bits per heavy atom. The van der Waals surface area contributed by atoms with Crippen molar-refractivity contribution in [2.45, 2.75) is 36.9 Å². The van der Waals surface area contributed by atoms with Crippen LogP contribution in [0.4, 0.5) is 0 Å². The van der Waals surface area contributed by atoms with Crippen molar-refractivity contribution in [3.63, 3.8) is 0 Å². The van der Waals surface area contributed by atoms with Crippen LogP contribution in [-0.2, 0) is 26.6 Å². The minimum atomic E-state index is -2.86. The zero-order valence-corrected chi connectivity index (χ0v) is 20.3. The largest absolute Gasteiger partial charge is 0.426 e. The maximum Gasteiger partial charge on any atom is 0.426 e. The fraction of sp³-hybridized carbons (Fsp3) is 0.667. The molecular weight excluding hydrogens is 396 g/mol. The van der Waals surface area contributed by atoms with E-state index in [4.69, 9.17) is 45.8 Å². The number of hydrogen-bond donors (Lipinski definition) is 0. The second-order valence-electron chi connectivity index (χ2n) is 5.96. The summed E-state index contributed by atoms with van der Waals surface area (Å²) in [5.74, 6) is 0. The molecule has 0 saturated carbocycles. The third kappa shape index (κ3) is 6.58. The van der Waals surface area contributed by atoms with Crippen molar-refractivity contribution in [1.82, 2.24) is 0 Å². The van der Waals surface area contributed by atoms with Crippen LogP contribution in [-0.4, -0.2) is 68.3 Å². The molecular formula is C18H32O6Si3. The molecule has 0 bridgehead atoms. The molecule has 0 rings (SSSR count). The lowest BCUT2D eigenvalue weighted by atomic mass is 10.2. The van der Waals surface area contributed by atoms with E-state index in [-0.39, 0.29) is 5.54 Å². The maximum absolute atomic E-state index is 5.80. The van der Waals surface area contributed by atoms with Crippen molar-refractivity contribution in [3.8, 4) is 35.9 Å². The van der Waals surface area contributed by atoms with Gasteiger partial charge in [-0.1, -0.05) is 23.1 Å². The van der Waals surface area contributed by atoms with Gasteiger partial charge in [-0.25, -0.2) is 0 Å². The lowest BCUT2D eigenvalue weighted by Gasteiger charge is -2.32. The van der Waals surface area contributed by atoms with Gasteiger partial charge in [0.2, 0.25) is 0 Å². The second-order valence-corrected chi connectivity index (χ2v) is 15.4. The van der Waals surface area contributed by atoms with Gasteiger partial charge in [-0.05, 0) is 12.8 Å². The van der Waals surface area contributed by atoms with E-state index in [1.54, 1.807) is 42.7 Å². The Morgan fingerprint density at radius 1 is 0.630 bits per heavy atom. The summed E-state index contributed by atoms with van der Waals surface area (Å²) in [5, 5.41) is 0. The fourth-order valence-electron chi connectivity index (χ4n) is 3.08. The molecule has 0 heterocycles. The minimum Gasteiger partial charge on any atom is -0.389 e. The highest BCUT2D eigenvalue weighted by molar-refractivity contribution is 6.78. The lowest BCUT2D eigenvalue weighted by Crippen LogP contribution is -2.46. The van der Waals surface area contributed by atoms with Crippen molar-refractivity contribution in [2.75, 3.05) is 42.7 Å². The third-order valence-electron chi connectivity index (χ3n) is 4.98. The van der Waals surface area contributed by atoms with Gasteiger partial charge in [-0.3, -0.25) is 0 Å². The molecule has 0 fully saturated rings. The highest BCUT2D eigenvalue weighted by Gasteiger charge is 2.46. The molecule has 9 heteroatoms. The number of terminal acetylenes is 3. The molecule has 27 heavy (non-hydrogen) atoms. The first kappa shape index (κ1) is 26.1. The van der Waals surface area contributed by atoms with Crippen LogP contribution in [0, 0.1) is 35.9 Å². The first-order valence-electron chi connectivity index (χ1n) is 8.60. The summed E-state index contributed by atoms with van der Waals surface area (Å²) in [6.45, 7) is 0. The summed E-state index contributed by atoms with van der Waals surface area (Å²) in [5.41, 5.74) is 8.18. The van der Waals surface area contributed by atoms with Gasteiger partial charge in [0, 0.05) is 60.3 Å². The summed E-state index contributed by atoms with van der Waals surface area (Å²) >= 11 is 0. The van der Waals surface area contributed by atoms with E-state index in [0.717, 1.165) is 12.8 Å². The smallest absolute Gasteiger partial charge is 0.389 e. The topological polar surface area (TPSA) is 55.4 Å². The highest BCUT2D eigenvalue weighted by Crippen LogP contribution is 2.36. The Hall–Kier alpha value is -0.909. The summed E-state index contributed by atoms with van der Waals surface area (Å²) in [7, 11) is 1.33. The maximum atomic E-state index is 5.80. The molecule has 0 aromatic carbocycles. The molecule has 0 amide bonds. The molecule has 0 spiro atoms. The highest BCUT2D eigenvalue weighted by atomic mass is 28.4. The lowest BCUT2D eigenvalue weighted by molar-refractivity contribution is 0.233. The van der Waals surface area contributed by atoms with Gasteiger partial charge >= 0.3 is 25.7 Å². The van der Waals surface area contributed by atoms with E-state index < -0.39 is 25.7 Å². The molecule has 0 saturated heterocycles. The van der Waals surface area contributed by atoms with Crippen LogP contribution in [0.25, 0.3) is 0 Å². The summed E-state index contributed by atoms with van der Waals surface area (Å²) in [4.78, 5) is 0. The average molecular weight is 429 g/mol. The van der Waals surface area contributed by atoms with Crippen molar-refractivity contribution in [3.05, 3.63) is 0 Å². The molecule has 1 unspecified atom stereocenters. The Bertz CT molecular complexity index is 551. The monoisotopic (exact) mass is 428 g/mol. The van der Waals surface area contributed by atoms with Gasteiger partial charge in [-0.15, -0.1) is 19.3 Å². The second kappa shape index (κ2) is 12.5. The number of rotatable bonds is 14. The fourth-order valence-corrected chi connectivity index (χ4v) is 9.09. The molecule has 0 aliphatic heterocycles. The molecule has 152 valence electrons. The standard InChI is InChI=1S/C18H32O6Si3/c1-10-25(19-4,20-5)16-13-14-18(27(12-3,23-8)24-9)15-17-26(11-2,21-6)22-7/h1-3,18H,13-17H2,4-9H3. The van der Waals surface area contributed by atoms with Gasteiger partial charge in [0.05, 0.1) is 0 Å². The predicted octanol–water partition coefficient (Wildman–Crippen LogP) is 2.25. The van der Waals surface area contributed by atoms with E-state index >= 15 is 0 Å². The molecule has 0 N–H and O–H groups in total. The number of hydrogen-bond acceptors (Lipinski definition) is 6. The van der Waals surface area contributed by atoms with E-state index in [1.807, 2.05) is 0 Å². The zero-order valence-electron chi connectivity index (χ0n) is 17.3. The van der Waals surface area contributed by atoms with Crippen LogP contribution in [0.1, 0.15) is 19.3 Å². The molecule has 1 atom stereocenters. The van der Waals surface area contributed by atoms with Crippen molar-refractivity contribution in [2.24, 2.45) is 0 Å². The van der Waals surface area contributed by atoms with Crippen molar-refractivity contribution >= 4 is 25.7 Å². The van der Waals surface area contributed by atoms with Crippen molar-refractivity contribution in [1.29, 1.82) is 0 Å². The van der Waals surface area contributed by atoms with E-state index in [2.05, 4.69) is 16.6 Å². The Morgan fingerprint density at radius 3 is 1.41 bits per heavy atom. The first-order chi connectivity index (χ1) is 12.9. The van der Waals surface area contributed by atoms with Gasteiger partial charge in [0.25, 0.3) is 0 Å². The third-order valence-corrected chi connectivity index (χ3v) is 13.7. The predicted molar refractivity (Wildman–Crippen MR) is 113 cm³/mol. The molecule has 0 radical (unpaired) electrons. The van der Waals surface area contributed by atoms with Gasteiger partial charge in [-0.2, -0.15) is 0 Å². The van der Waals surface area contributed by atoms with E-state index in [0.29, 0.717) is 18.5 Å². The van der Waals surface area contributed by atoms with E-state index in [1.165, 1.54) is 0 Å². The molecule has 0 aliphatic carbocycles. The summed E-state index contributed by atoms with van der Waals surface area (Å²) in [6, 6.07) is 1.25. The molecule has 0 aromatic rings. The summed E-state index contributed by atoms with van der Waals surface area (Å²) < 4.78 is 33.4. The van der Waals surface area contributed by atoms with Crippen LogP contribution in [0.15, 0.2) is 0 Å². The van der Waals surface area contributed by atoms with Crippen LogP contribution in [0.2, 0.25) is 17.6 Å². The average Bonchev–Trinajstić information content (AvgIpc) is 2.73. The molecule has 0 aliphatic rings. The Kier molecular flexibility index (Phi) is 12.1. The first-order valence-corrected chi connectivity index (χ1v) is 14.5. The SMILES string of the molecule is C#C[Si](CCCC(CC[Si](C#C)(OC)OC)[Si](C#C)(OC)OC)(OC)OC. The van der Waals surface area contributed by atoms with Gasteiger partial charge < -0.3 is 26.6 Å². The van der Waals surface area contributed by atoms with Crippen LogP contribution >= 0.6 is 0 Å². The Labute approximate surface area is 168 Å². The van der Waals surface area contributed by atoms with Gasteiger partial charge in [0.15, 0.2) is 0 Å². The van der Waals surface area contributed by atoms with Crippen LogP contribution < -0.4 is 0 Å². The van der Waals surface area contributed by atoms with Crippen LogP contribution in [0.5, 0.6) is 0 Å². The quantitative estimate of drug-likeness (QED) is 0.312. The van der Waals surface area contributed by atoms with Crippen molar-refractivity contribution < 1.29 is 26.6 Å². The van der Waals surface area contributed by atoms with Crippen LogP contribution in [0.3, 0.4) is 0 Å². The zero-order chi connectivity index (χ0) is 21.0. The molecule has 6 nitrogen and oxygen atoms in total. The minimum absolute atomic E-state index is 0.00112.